The van der Waals surface area contributed by atoms with E-state index in [2.05, 4.69) is 15.6 Å². The molecule has 0 saturated heterocycles. The molecule has 2 aromatic carbocycles. The number of anilines is 2. The number of halogens is 2. The second-order valence-electron chi connectivity index (χ2n) is 6.35. The smallest absolute Gasteiger partial charge is 0.250 e. The molecule has 2 amide bonds. The van der Waals surface area contributed by atoms with Gasteiger partial charge >= 0.3 is 0 Å². The molecule has 0 radical (unpaired) electrons. The number of benzene rings is 2. The summed E-state index contributed by atoms with van der Waals surface area (Å²) in [7, 11) is 1.44. The summed E-state index contributed by atoms with van der Waals surface area (Å²) in [4.78, 5) is 28.1. The Labute approximate surface area is 183 Å². The molecule has 0 spiro atoms. The van der Waals surface area contributed by atoms with Crippen LogP contribution in [0.2, 0.25) is 10.0 Å². The van der Waals surface area contributed by atoms with Crippen molar-refractivity contribution in [3.05, 3.63) is 64.6 Å². The molecule has 0 unspecified atom stereocenters. The first-order chi connectivity index (χ1) is 14.4. The number of hydrogen-bond acceptors (Lipinski definition) is 5. The van der Waals surface area contributed by atoms with Gasteiger partial charge in [-0.1, -0.05) is 29.3 Å². The summed E-state index contributed by atoms with van der Waals surface area (Å²) in [5.41, 5.74) is 1.81. The standard InChI is InChI=1S/C21H19Cl2N3O4/c1-29-12-20(28)26-15-4-2-3-14(10-15)25-19(27)7-8-21-24-11-18(30-21)16-6-5-13(22)9-17(16)23/h2-6,9-11H,7-8,12H2,1H3,(H,25,27)(H,26,28). The fourth-order valence-corrected chi connectivity index (χ4v) is 3.19. The number of ether oxygens (including phenoxy) is 1. The first-order valence-electron chi connectivity index (χ1n) is 9.03. The summed E-state index contributed by atoms with van der Waals surface area (Å²) in [5.74, 6) is 0.444. The molecule has 156 valence electrons. The van der Waals surface area contributed by atoms with Gasteiger partial charge in [-0.2, -0.15) is 0 Å². The Bertz CT molecular complexity index is 1050. The number of nitrogens with zero attached hydrogens (tertiary/aromatic N) is 1. The van der Waals surface area contributed by atoms with Gasteiger partial charge in [-0.3, -0.25) is 9.59 Å². The van der Waals surface area contributed by atoms with Crippen LogP contribution in [0.5, 0.6) is 0 Å². The molecule has 3 rings (SSSR count). The zero-order valence-corrected chi connectivity index (χ0v) is 17.6. The molecule has 0 fully saturated rings. The van der Waals surface area contributed by atoms with Gasteiger partial charge in [0.15, 0.2) is 11.7 Å². The van der Waals surface area contributed by atoms with Crippen LogP contribution in [0.3, 0.4) is 0 Å². The lowest BCUT2D eigenvalue weighted by atomic mass is 10.2. The molecule has 7 nitrogen and oxygen atoms in total. The SMILES string of the molecule is COCC(=O)Nc1cccc(NC(=O)CCc2ncc(-c3ccc(Cl)cc3Cl)o2)c1. The van der Waals surface area contributed by atoms with Gasteiger partial charge in [-0.05, 0) is 36.4 Å². The fraction of sp³-hybridized carbons (Fsp3) is 0.190. The molecule has 0 bridgehead atoms. The maximum Gasteiger partial charge on any atom is 0.250 e. The zero-order chi connectivity index (χ0) is 21.5. The maximum atomic E-state index is 12.3. The van der Waals surface area contributed by atoms with Crippen molar-refractivity contribution in [2.24, 2.45) is 0 Å². The Morgan fingerprint density at radius 2 is 1.80 bits per heavy atom. The number of aromatic nitrogens is 1. The molecule has 0 aliphatic heterocycles. The lowest BCUT2D eigenvalue weighted by Crippen LogP contribution is -2.17. The number of nitrogens with one attached hydrogen (secondary N) is 2. The van der Waals surface area contributed by atoms with Crippen LogP contribution in [0.4, 0.5) is 11.4 Å². The first kappa shape index (κ1) is 21.8. The van der Waals surface area contributed by atoms with Gasteiger partial charge in [0.05, 0.1) is 11.2 Å². The van der Waals surface area contributed by atoms with E-state index in [-0.39, 0.29) is 24.8 Å². The Morgan fingerprint density at radius 3 is 2.50 bits per heavy atom. The van der Waals surface area contributed by atoms with E-state index in [1.54, 1.807) is 48.7 Å². The highest BCUT2D eigenvalue weighted by molar-refractivity contribution is 6.36. The minimum absolute atomic E-state index is 0.0457. The van der Waals surface area contributed by atoms with Crippen molar-refractivity contribution in [3.8, 4) is 11.3 Å². The van der Waals surface area contributed by atoms with Gasteiger partial charge in [0, 0.05) is 41.9 Å². The van der Waals surface area contributed by atoms with Crippen molar-refractivity contribution < 1.29 is 18.7 Å². The molecule has 9 heteroatoms. The van der Waals surface area contributed by atoms with Crippen molar-refractivity contribution in [3.63, 3.8) is 0 Å². The van der Waals surface area contributed by atoms with Crippen LogP contribution in [0.15, 0.2) is 53.1 Å². The number of methoxy groups -OCH3 is 1. The molecule has 0 saturated carbocycles. The maximum absolute atomic E-state index is 12.3. The molecule has 0 atom stereocenters. The molecule has 0 aliphatic rings. The Morgan fingerprint density at radius 1 is 1.07 bits per heavy atom. The van der Waals surface area contributed by atoms with Crippen molar-refractivity contribution in [1.82, 2.24) is 4.98 Å². The summed E-state index contributed by atoms with van der Waals surface area (Å²) in [5, 5.41) is 6.46. The van der Waals surface area contributed by atoms with E-state index in [9.17, 15) is 9.59 Å². The third-order valence-corrected chi connectivity index (χ3v) is 4.57. The normalized spacial score (nSPS) is 10.6. The van der Waals surface area contributed by atoms with E-state index in [0.717, 1.165) is 0 Å². The van der Waals surface area contributed by atoms with Gasteiger partial charge < -0.3 is 19.8 Å². The van der Waals surface area contributed by atoms with Crippen LogP contribution >= 0.6 is 23.2 Å². The van der Waals surface area contributed by atoms with E-state index < -0.39 is 0 Å². The molecule has 2 N–H and O–H groups in total. The zero-order valence-electron chi connectivity index (χ0n) is 16.1. The third kappa shape index (κ3) is 6.06. The molecular formula is C21H19Cl2N3O4. The number of rotatable bonds is 8. The molecular weight excluding hydrogens is 429 g/mol. The van der Waals surface area contributed by atoms with Crippen LogP contribution in [-0.4, -0.2) is 30.5 Å². The summed E-state index contributed by atoms with van der Waals surface area (Å²) >= 11 is 12.1. The first-order valence-corrected chi connectivity index (χ1v) is 9.79. The van der Waals surface area contributed by atoms with Crippen LogP contribution in [0.25, 0.3) is 11.3 Å². The van der Waals surface area contributed by atoms with E-state index >= 15 is 0 Å². The third-order valence-electron chi connectivity index (χ3n) is 4.02. The highest BCUT2D eigenvalue weighted by Crippen LogP contribution is 2.30. The van der Waals surface area contributed by atoms with E-state index in [0.29, 0.717) is 45.1 Å². The Hall–Kier alpha value is -2.87. The summed E-state index contributed by atoms with van der Waals surface area (Å²) in [6.45, 7) is -0.0457. The van der Waals surface area contributed by atoms with Crippen LogP contribution < -0.4 is 10.6 Å². The number of carbonyl (C=O) groups excluding carboxylic acids is 2. The van der Waals surface area contributed by atoms with Gasteiger partial charge in [0.1, 0.15) is 6.61 Å². The summed E-state index contributed by atoms with van der Waals surface area (Å²) in [6.07, 6.45) is 2.06. The molecule has 1 heterocycles. The van der Waals surface area contributed by atoms with E-state index in [1.807, 2.05) is 0 Å². The highest BCUT2D eigenvalue weighted by atomic mass is 35.5. The Balaban J connectivity index is 1.55. The largest absolute Gasteiger partial charge is 0.441 e. The number of carbonyl (C=O) groups is 2. The predicted molar refractivity (Wildman–Crippen MR) is 116 cm³/mol. The summed E-state index contributed by atoms with van der Waals surface area (Å²) < 4.78 is 10.5. The van der Waals surface area contributed by atoms with E-state index in [4.69, 9.17) is 32.4 Å². The van der Waals surface area contributed by atoms with Gasteiger partial charge in [-0.25, -0.2) is 4.98 Å². The fourth-order valence-electron chi connectivity index (χ4n) is 2.69. The van der Waals surface area contributed by atoms with Crippen LogP contribution in [0.1, 0.15) is 12.3 Å². The average Bonchev–Trinajstić information content (AvgIpc) is 3.15. The minimum atomic E-state index is -0.276. The Kier molecular flexibility index (Phi) is 7.46. The molecule has 0 aliphatic carbocycles. The second-order valence-corrected chi connectivity index (χ2v) is 7.20. The number of amides is 2. The molecule has 1 aromatic heterocycles. The quantitative estimate of drug-likeness (QED) is 0.516. The molecule has 30 heavy (non-hydrogen) atoms. The van der Waals surface area contributed by atoms with Gasteiger partial charge in [0.2, 0.25) is 11.8 Å². The van der Waals surface area contributed by atoms with Crippen LogP contribution in [-0.2, 0) is 20.7 Å². The van der Waals surface area contributed by atoms with Crippen molar-refractivity contribution in [2.75, 3.05) is 24.4 Å². The lowest BCUT2D eigenvalue weighted by Gasteiger charge is -2.08. The van der Waals surface area contributed by atoms with Crippen molar-refractivity contribution in [1.29, 1.82) is 0 Å². The van der Waals surface area contributed by atoms with Gasteiger partial charge in [0.25, 0.3) is 0 Å². The molecule has 3 aromatic rings. The topological polar surface area (TPSA) is 93.5 Å². The van der Waals surface area contributed by atoms with E-state index in [1.165, 1.54) is 7.11 Å². The predicted octanol–water partition coefficient (Wildman–Crippen LogP) is 4.80. The monoisotopic (exact) mass is 447 g/mol. The number of oxazole rings is 1. The van der Waals surface area contributed by atoms with Crippen molar-refractivity contribution in [2.45, 2.75) is 12.8 Å². The highest BCUT2D eigenvalue weighted by Gasteiger charge is 2.12. The minimum Gasteiger partial charge on any atom is -0.441 e. The average molecular weight is 448 g/mol. The summed E-state index contributed by atoms with van der Waals surface area (Å²) in [6, 6.07) is 11.9. The number of hydrogen-bond donors (Lipinski definition) is 2. The number of aryl methyl sites for hydroxylation is 1. The lowest BCUT2D eigenvalue weighted by molar-refractivity contribution is -0.119. The second kappa shape index (κ2) is 10.2. The van der Waals surface area contributed by atoms with Crippen LogP contribution in [0, 0.1) is 0 Å². The van der Waals surface area contributed by atoms with Crippen molar-refractivity contribution >= 4 is 46.4 Å². The van der Waals surface area contributed by atoms with Gasteiger partial charge in [-0.15, -0.1) is 0 Å².